The maximum Gasteiger partial charge on any atom is 0.335 e. The molecule has 33 heavy (non-hydrogen) atoms. The number of carbonyl (C=O) groups excluding carboxylic acids is 1. The molecule has 0 saturated carbocycles. The third kappa shape index (κ3) is 5.26. The zero-order valence-electron chi connectivity index (χ0n) is 19.0. The van der Waals surface area contributed by atoms with Gasteiger partial charge in [0.05, 0.1) is 18.9 Å². The fraction of sp³-hybridized carbons (Fsp3) is 0.308. The van der Waals surface area contributed by atoms with Crippen molar-refractivity contribution in [3.63, 3.8) is 0 Å². The highest BCUT2D eigenvalue weighted by molar-refractivity contribution is 7.17. The number of aryl methyl sites for hydroxylation is 1. The molecule has 6 nitrogen and oxygen atoms in total. The van der Waals surface area contributed by atoms with Crippen LogP contribution in [0.5, 0.6) is 5.75 Å². The number of ether oxygens (including phenoxy) is 3. The van der Waals surface area contributed by atoms with E-state index in [1.807, 2.05) is 60.8 Å². The number of hydrogen-bond acceptors (Lipinski definition) is 7. The van der Waals surface area contributed by atoms with Gasteiger partial charge in [-0.15, -0.1) is 11.3 Å². The highest BCUT2D eigenvalue weighted by Crippen LogP contribution is 2.34. The summed E-state index contributed by atoms with van der Waals surface area (Å²) in [6, 6.07) is 15.9. The lowest BCUT2D eigenvalue weighted by atomic mass is 10.1. The van der Waals surface area contributed by atoms with E-state index in [9.17, 15) is 4.79 Å². The Bertz CT molecular complexity index is 1210. The number of methoxy groups -OCH3 is 1. The van der Waals surface area contributed by atoms with Crippen LogP contribution in [-0.2, 0) is 27.1 Å². The van der Waals surface area contributed by atoms with E-state index < -0.39 is 6.10 Å². The van der Waals surface area contributed by atoms with Crippen LogP contribution in [0.3, 0.4) is 0 Å². The van der Waals surface area contributed by atoms with E-state index in [-0.39, 0.29) is 5.97 Å². The normalized spacial score (nSPS) is 12.1. The molecule has 2 aromatic carbocycles. The Kier molecular flexibility index (Phi) is 7.42. The summed E-state index contributed by atoms with van der Waals surface area (Å²) in [7, 11) is 1.53. The minimum absolute atomic E-state index is 0.331. The average Bonchev–Trinajstić information content (AvgIpc) is 3.46. The van der Waals surface area contributed by atoms with Crippen LogP contribution in [0, 0.1) is 6.92 Å². The minimum atomic E-state index is -0.629. The highest BCUT2D eigenvalue weighted by atomic mass is 32.1. The van der Waals surface area contributed by atoms with Gasteiger partial charge in [-0.2, -0.15) is 0 Å². The molecule has 0 aliphatic heterocycles. The van der Waals surface area contributed by atoms with E-state index >= 15 is 0 Å². The molecule has 4 aromatic rings. The summed E-state index contributed by atoms with van der Waals surface area (Å²) in [5.41, 5.74) is 2.89. The molecule has 7 heteroatoms. The third-order valence-electron chi connectivity index (χ3n) is 5.41. The lowest BCUT2D eigenvalue weighted by Crippen LogP contribution is -2.27. The van der Waals surface area contributed by atoms with Gasteiger partial charge in [0.1, 0.15) is 11.5 Å². The van der Waals surface area contributed by atoms with Crippen LogP contribution < -0.4 is 4.74 Å². The second-order valence-electron chi connectivity index (χ2n) is 7.55. The van der Waals surface area contributed by atoms with Gasteiger partial charge in [-0.05, 0) is 49.1 Å². The van der Waals surface area contributed by atoms with Crippen LogP contribution in [0.25, 0.3) is 21.5 Å². The van der Waals surface area contributed by atoms with Crippen molar-refractivity contribution in [2.45, 2.75) is 32.8 Å². The van der Waals surface area contributed by atoms with E-state index in [1.54, 1.807) is 18.3 Å². The smallest absolute Gasteiger partial charge is 0.335 e. The number of aromatic nitrogens is 1. The van der Waals surface area contributed by atoms with E-state index in [0.29, 0.717) is 31.9 Å². The predicted octanol–water partition coefficient (Wildman–Crippen LogP) is 5.61. The van der Waals surface area contributed by atoms with Crippen LogP contribution in [0.2, 0.25) is 0 Å². The zero-order valence-corrected chi connectivity index (χ0v) is 19.8. The number of hydrogen-bond donors (Lipinski definition) is 0. The maximum absolute atomic E-state index is 12.1. The average molecular weight is 466 g/mol. The van der Waals surface area contributed by atoms with Gasteiger partial charge >= 0.3 is 5.97 Å². The maximum atomic E-state index is 12.1. The van der Waals surface area contributed by atoms with Crippen LogP contribution in [0.4, 0.5) is 0 Å². The fourth-order valence-corrected chi connectivity index (χ4v) is 4.64. The molecule has 2 heterocycles. The Morgan fingerprint density at radius 3 is 2.73 bits per heavy atom. The number of rotatable bonds is 10. The van der Waals surface area contributed by atoms with Crippen molar-refractivity contribution in [3.8, 4) is 17.2 Å². The molecule has 1 unspecified atom stereocenters. The van der Waals surface area contributed by atoms with Crippen LogP contribution in [0.1, 0.15) is 23.9 Å². The minimum Gasteiger partial charge on any atom is -0.493 e. The zero-order chi connectivity index (χ0) is 23.2. The van der Waals surface area contributed by atoms with Crippen LogP contribution in [0.15, 0.2) is 58.3 Å². The molecule has 0 amide bonds. The van der Waals surface area contributed by atoms with Crippen LogP contribution >= 0.6 is 11.3 Å². The molecule has 0 saturated heterocycles. The molecule has 0 spiro atoms. The van der Waals surface area contributed by atoms with Gasteiger partial charge in [0.2, 0.25) is 5.89 Å². The van der Waals surface area contributed by atoms with E-state index in [1.165, 1.54) is 7.11 Å². The van der Waals surface area contributed by atoms with E-state index in [0.717, 1.165) is 38.4 Å². The number of esters is 1. The van der Waals surface area contributed by atoms with Gasteiger partial charge in [0.15, 0.2) is 6.10 Å². The van der Waals surface area contributed by atoms with Crippen molar-refractivity contribution in [2.24, 2.45) is 0 Å². The molecule has 0 radical (unpaired) electrons. The van der Waals surface area contributed by atoms with E-state index in [4.69, 9.17) is 18.6 Å². The van der Waals surface area contributed by atoms with Gasteiger partial charge < -0.3 is 18.6 Å². The molecular weight excluding hydrogens is 438 g/mol. The molecule has 2 aromatic heterocycles. The van der Waals surface area contributed by atoms with Gasteiger partial charge in [-0.25, -0.2) is 9.78 Å². The quantitative estimate of drug-likeness (QED) is 0.284. The van der Waals surface area contributed by atoms with Crippen molar-refractivity contribution in [3.05, 3.63) is 70.9 Å². The molecule has 0 N–H and O–H groups in total. The lowest BCUT2D eigenvalue weighted by Gasteiger charge is -2.15. The Morgan fingerprint density at radius 2 is 1.97 bits per heavy atom. The Labute approximate surface area is 197 Å². The summed E-state index contributed by atoms with van der Waals surface area (Å²) < 4.78 is 23.5. The molecule has 1 atom stereocenters. The van der Waals surface area contributed by atoms with Crippen molar-refractivity contribution in [1.82, 2.24) is 4.98 Å². The molecule has 0 aliphatic rings. The number of oxazole rings is 1. The molecule has 0 bridgehead atoms. The summed E-state index contributed by atoms with van der Waals surface area (Å²) in [5, 5.41) is 3.05. The largest absolute Gasteiger partial charge is 0.493 e. The molecule has 0 aliphatic carbocycles. The van der Waals surface area contributed by atoms with E-state index in [2.05, 4.69) is 4.98 Å². The number of benzene rings is 2. The molecule has 0 fully saturated rings. The van der Waals surface area contributed by atoms with Gasteiger partial charge in [-0.1, -0.05) is 24.3 Å². The highest BCUT2D eigenvalue weighted by Gasteiger charge is 2.21. The van der Waals surface area contributed by atoms with Gasteiger partial charge in [0, 0.05) is 35.6 Å². The molecule has 172 valence electrons. The molecule has 4 rings (SSSR count). The summed E-state index contributed by atoms with van der Waals surface area (Å²) >= 11 is 1.62. The van der Waals surface area contributed by atoms with Crippen molar-refractivity contribution >= 4 is 27.4 Å². The number of nitrogens with zero attached hydrogens (tertiary/aromatic N) is 1. The van der Waals surface area contributed by atoms with Crippen LogP contribution in [-0.4, -0.2) is 37.4 Å². The fourth-order valence-electron chi connectivity index (χ4n) is 3.70. The third-order valence-corrected chi connectivity index (χ3v) is 6.40. The van der Waals surface area contributed by atoms with Crippen molar-refractivity contribution < 1.29 is 23.4 Å². The number of fused-ring (bicyclic) bond motifs is 1. The summed E-state index contributed by atoms with van der Waals surface area (Å²) in [4.78, 5) is 16.8. The molecular formula is C26H27NO5S. The van der Waals surface area contributed by atoms with Gasteiger partial charge in [0.25, 0.3) is 0 Å². The van der Waals surface area contributed by atoms with Crippen molar-refractivity contribution in [2.75, 3.05) is 20.3 Å². The monoisotopic (exact) mass is 465 g/mol. The topological polar surface area (TPSA) is 70.8 Å². The summed E-state index contributed by atoms with van der Waals surface area (Å²) in [6.45, 7) is 4.53. The Balaban J connectivity index is 1.44. The second-order valence-corrected chi connectivity index (χ2v) is 8.47. The Hall–Kier alpha value is -3.16. The summed E-state index contributed by atoms with van der Waals surface area (Å²) in [6.07, 6.45) is 0.466. The second kappa shape index (κ2) is 10.6. The van der Waals surface area contributed by atoms with Crippen molar-refractivity contribution in [1.29, 1.82) is 0 Å². The first-order valence-electron chi connectivity index (χ1n) is 10.9. The first-order chi connectivity index (χ1) is 16.1. The predicted molar refractivity (Wildman–Crippen MR) is 129 cm³/mol. The summed E-state index contributed by atoms with van der Waals surface area (Å²) in [5.74, 6) is 1.90. The number of carbonyl (C=O) groups is 1. The Morgan fingerprint density at radius 1 is 1.15 bits per heavy atom. The first-order valence-corrected chi connectivity index (χ1v) is 11.8. The first kappa shape index (κ1) is 23.0. The van der Waals surface area contributed by atoms with Gasteiger partial charge in [-0.3, -0.25) is 0 Å². The SMILES string of the molecule is CCOC(=O)C(Cc1ccc(OCCc2nc(-c3ccccc3)oc2C)c2ccsc12)OC. The standard InChI is InChI=1S/C26H27NO5S/c1-4-30-26(28)23(29-3)16-19-10-11-22(20-13-15-33-24(19)20)31-14-12-21-17(2)32-25(27-21)18-8-6-5-7-9-18/h5-11,13,15,23H,4,12,14,16H2,1-3H3. The number of thiophene rings is 1. The lowest BCUT2D eigenvalue weighted by molar-refractivity contribution is -0.154.